The molecule has 1 atom stereocenters. The highest BCUT2D eigenvalue weighted by molar-refractivity contribution is 8.00. The molecular formula is C15H20N2S2. The first kappa shape index (κ1) is 14.5. The van der Waals surface area contributed by atoms with Gasteiger partial charge in [-0.1, -0.05) is 57.3 Å². The van der Waals surface area contributed by atoms with Crippen LogP contribution in [0.1, 0.15) is 49.6 Å². The normalized spacial score (nSPS) is 19.3. The SMILES string of the molecule is CCC(=S)N1C(=N)CSC1c1ccccc1C(C)C. The van der Waals surface area contributed by atoms with E-state index in [0.29, 0.717) is 11.8 Å². The van der Waals surface area contributed by atoms with Gasteiger partial charge in [0.25, 0.3) is 0 Å². The third kappa shape index (κ3) is 2.84. The molecule has 1 aromatic carbocycles. The average molecular weight is 292 g/mol. The van der Waals surface area contributed by atoms with E-state index in [4.69, 9.17) is 17.6 Å². The monoisotopic (exact) mass is 292 g/mol. The highest BCUT2D eigenvalue weighted by Gasteiger charge is 2.33. The third-order valence-electron chi connectivity index (χ3n) is 3.36. The second-order valence-corrected chi connectivity index (χ2v) is 6.55. The van der Waals surface area contributed by atoms with Gasteiger partial charge in [-0.05, 0) is 23.5 Å². The quantitative estimate of drug-likeness (QED) is 0.827. The van der Waals surface area contributed by atoms with Crippen LogP contribution in [-0.4, -0.2) is 21.5 Å². The summed E-state index contributed by atoms with van der Waals surface area (Å²) < 4.78 is 0. The van der Waals surface area contributed by atoms with E-state index in [1.54, 1.807) is 11.8 Å². The summed E-state index contributed by atoms with van der Waals surface area (Å²) in [6.07, 6.45) is 0.818. The molecule has 2 rings (SSSR count). The molecule has 1 unspecified atom stereocenters. The molecule has 1 N–H and O–H groups in total. The van der Waals surface area contributed by atoms with Gasteiger partial charge in [0, 0.05) is 0 Å². The van der Waals surface area contributed by atoms with Crippen molar-refractivity contribution in [2.75, 3.05) is 5.75 Å². The first-order chi connectivity index (χ1) is 9.06. The minimum absolute atomic E-state index is 0.179. The molecule has 1 aromatic rings. The maximum atomic E-state index is 8.11. The average Bonchev–Trinajstić information content (AvgIpc) is 2.79. The summed E-state index contributed by atoms with van der Waals surface area (Å²) in [6.45, 7) is 6.49. The van der Waals surface area contributed by atoms with Crippen molar-refractivity contribution >= 4 is 34.8 Å². The number of thiocarbonyl (C=S) groups is 1. The summed E-state index contributed by atoms with van der Waals surface area (Å²) in [5, 5.41) is 8.29. The van der Waals surface area contributed by atoms with Crippen molar-refractivity contribution in [1.82, 2.24) is 4.90 Å². The van der Waals surface area contributed by atoms with Gasteiger partial charge in [-0.2, -0.15) is 0 Å². The number of rotatable bonds is 3. The van der Waals surface area contributed by atoms with Crippen LogP contribution in [0.4, 0.5) is 0 Å². The molecule has 0 aromatic heterocycles. The molecule has 0 aliphatic carbocycles. The van der Waals surface area contributed by atoms with Crippen LogP contribution in [0.5, 0.6) is 0 Å². The molecule has 102 valence electrons. The van der Waals surface area contributed by atoms with E-state index in [0.717, 1.165) is 17.2 Å². The Kier molecular flexibility index (Phi) is 4.63. The summed E-state index contributed by atoms with van der Waals surface area (Å²) >= 11 is 7.25. The largest absolute Gasteiger partial charge is 0.307 e. The number of benzene rings is 1. The smallest absolute Gasteiger partial charge is 0.112 e. The van der Waals surface area contributed by atoms with Crippen molar-refractivity contribution < 1.29 is 0 Å². The van der Waals surface area contributed by atoms with Gasteiger partial charge in [-0.25, -0.2) is 0 Å². The molecule has 0 radical (unpaired) electrons. The van der Waals surface area contributed by atoms with Gasteiger partial charge < -0.3 is 4.90 Å². The van der Waals surface area contributed by atoms with Crippen molar-refractivity contribution in [2.24, 2.45) is 0 Å². The molecule has 0 spiro atoms. The van der Waals surface area contributed by atoms with Crippen LogP contribution >= 0.6 is 24.0 Å². The lowest BCUT2D eigenvalue weighted by Gasteiger charge is -2.28. The summed E-state index contributed by atoms with van der Waals surface area (Å²) in [7, 11) is 0. The first-order valence-corrected chi connectivity index (χ1v) is 8.11. The zero-order chi connectivity index (χ0) is 14.0. The Morgan fingerprint density at radius 2 is 2.16 bits per heavy atom. The fraction of sp³-hybridized carbons (Fsp3) is 0.467. The van der Waals surface area contributed by atoms with Crippen molar-refractivity contribution in [3.05, 3.63) is 35.4 Å². The topological polar surface area (TPSA) is 27.1 Å². The zero-order valence-corrected chi connectivity index (χ0v) is 13.3. The standard InChI is InChI=1S/C15H20N2S2/c1-4-14(18)17-13(16)9-19-15(17)12-8-6-5-7-11(12)10(2)3/h5-8,10,15-16H,4,9H2,1-3H3. The minimum Gasteiger partial charge on any atom is -0.307 e. The van der Waals surface area contributed by atoms with E-state index >= 15 is 0 Å². The van der Waals surface area contributed by atoms with E-state index in [1.807, 2.05) is 4.90 Å². The maximum absolute atomic E-state index is 8.11. The molecule has 19 heavy (non-hydrogen) atoms. The van der Waals surface area contributed by atoms with Crippen LogP contribution in [0.15, 0.2) is 24.3 Å². The van der Waals surface area contributed by atoms with Gasteiger partial charge in [0.05, 0.1) is 10.7 Å². The van der Waals surface area contributed by atoms with E-state index < -0.39 is 0 Å². The van der Waals surface area contributed by atoms with Crippen molar-refractivity contribution in [3.63, 3.8) is 0 Å². The Labute approximate surface area is 125 Å². The van der Waals surface area contributed by atoms with E-state index in [1.165, 1.54) is 11.1 Å². The second kappa shape index (κ2) is 6.06. The van der Waals surface area contributed by atoms with Crippen LogP contribution in [-0.2, 0) is 0 Å². The molecule has 0 amide bonds. The summed E-state index contributed by atoms with van der Waals surface area (Å²) in [5.41, 5.74) is 2.67. The summed E-state index contributed by atoms with van der Waals surface area (Å²) in [5.74, 6) is 1.88. The Balaban J connectivity index is 2.41. The summed E-state index contributed by atoms with van der Waals surface area (Å²) in [6, 6.07) is 8.54. The first-order valence-electron chi connectivity index (χ1n) is 6.66. The van der Waals surface area contributed by atoms with Gasteiger partial charge in [0.1, 0.15) is 11.2 Å². The van der Waals surface area contributed by atoms with Crippen LogP contribution in [0, 0.1) is 5.41 Å². The number of nitrogens with zero attached hydrogens (tertiary/aromatic N) is 1. The van der Waals surface area contributed by atoms with Crippen LogP contribution in [0.25, 0.3) is 0 Å². The molecule has 4 heteroatoms. The fourth-order valence-electron chi connectivity index (χ4n) is 2.39. The zero-order valence-electron chi connectivity index (χ0n) is 11.6. The fourth-order valence-corrected chi connectivity index (χ4v) is 3.92. The van der Waals surface area contributed by atoms with Gasteiger partial charge >= 0.3 is 0 Å². The molecule has 0 bridgehead atoms. The maximum Gasteiger partial charge on any atom is 0.112 e. The van der Waals surface area contributed by atoms with Crippen molar-refractivity contribution in [1.29, 1.82) is 5.41 Å². The molecular weight excluding hydrogens is 272 g/mol. The second-order valence-electron chi connectivity index (χ2n) is 5.01. The predicted molar refractivity (Wildman–Crippen MR) is 88.2 cm³/mol. The molecule has 2 nitrogen and oxygen atoms in total. The Bertz CT molecular complexity index is 497. The molecule has 1 aliphatic rings. The highest BCUT2D eigenvalue weighted by Crippen LogP contribution is 2.42. The Morgan fingerprint density at radius 1 is 1.47 bits per heavy atom. The van der Waals surface area contributed by atoms with Crippen LogP contribution in [0.2, 0.25) is 0 Å². The van der Waals surface area contributed by atoms with Crippen molar-refractivity contribution in [3.8, 4) is 0 Å². The van der Waals surface area contributed by atoms with Gasteiger partial charge in [-0.3, -0.25) is 5.41 Å². The lowest BCUT2D eigenvalue weighted by atomic mass is 9.96. The molecule has 1 heterocycles. The number of amidine groups is 1. The van der Waals surface area contributed by atoms with Gasteiger partial charge in [0.15, 0.2) is 0 Å². The van der Waals surface area contributed by atoms with Gasteiger partial charge in [0.2, 0.25) is 0 Å². The number of nitrogens with one attached hydrogen (secondary N) is 1. The number of thioether (sulfide) groups is 1. The van der Waals surface area contributed by atoms with Crippen LogP contribution in [0.3, 0.4) is 0 Å². The Morgan fingerprint density at radius 3 is 2.79 bits per heavy atom. The molecule has 1 saturated heterocycles. The highest BCUT2D eigenvalue weighted by atomic mass is 32.2. The van der Waals surface area contributed by atoms with E-state index in [9.17, 15) is 0 Å². The minimum atomic E-state index is 0.179. The number of hydrogen-bond acceptors (Lipinski definition) is 3. The number of hydrogen-bond donors (Lipinski definition) is 1. The molecule has 1 fully saturated rings. The third-order valence-corrected chi connectivity index (χ3v) is 5.06. The summed E-state index contributed by atoms with van der Waals surface area (Å²) in [4.78, 5) is 2.90. The van der Waals surface area contributed by atoms with E-state index in [2.05, 4.69) is 45.0 Å². The van der Waals surface area contributed by atoms with Crippen molar-refractivity contribution in [2.45, 2.75) is 38.5 Å². The lowest BCUT2D eigenvalue weighted by Crippen LogP contribution is -2.32. The Hall–Kier alpha value is -0.870. The lowest BCUT2D eigenvalue weighted by molar-refractivity contribution is 0.589. The van der Waals surface area contributed by atoms with Crippen LogP contribution < -0.4 is 0 Å². The molecule has 0 saturated carbocycles. The molecule has 1 aliphatic heterocycles. The van der Waals surface area contributed by atoms with E-state index in [-0.39, 0.29) is 5.37 Å². The predicted octanol–water partition coefficient (Wildman–Crippen LogP) is 4.57. The van der Waals surface area contributed by atoms with Gasteiger partial charge in [-0.15, -0.1) is 11.8 Å².